The lowest BCUT2D eigenvalue weighted by Gasteiger charge is -2.21. The second kappa shape index (κ2) is 13.0. The molecule has 216 valence electrons. The fraction of sp³-hybridized carbons (Fsp3) is 0.290. The van der Waals surface area contributed by atoms with Crippen LogP contribution in [0.3, 0.4) is 0 Å². The van der Waals surface area contributed by atoms with Crippen LogP contribution in [0.1, 0.15) is 36.0 Å². The second-order valence-electron chi connectivity index (χ2n) is 9.06. The Balaban J connectivity index is 1.74. The van der Waals surface area contributed by atoms with Crippen LogP contribution in [0.15, 0.2) is 63.8 Å². The largest absolute Gasteiger partial charge is 0.507 e. The molecule has 1 amide bonds. The number of amides is 1. The quantitative estimate of drug-likeness (QED) is 0.235. The Bertz CT molecular complexity index is 1570. The van der Waals surface area contributed by atoms with E-state index in [0.717, 1.165) is 5.56 Å². The maximum atomic E-state index is 13.4. The average Bonchev–Trinajstić information content (AvgIpc) is 2.99. The maximum absolute atomic E-state index is 13.4. The highest BCUT2D eigenvalue weighted by Crippen LogP contribution is 2.43. The number of carbonyl (C=O) groups is 1. The number of methoxy groups -OCH3 is 4. The van der Waals surface area contributed by atoms with Gasteiger partial charge in [0.15, 0.2) is 23.0 Å². The van der Waals surface area contributed by atoms with E-state index in [1.807, 2.05) is 13.0 Å². The molecule has 0 saturated carbocycles. The summed E-state index contributed by atoms with van der Waals surface area (Å²) in [7, 11) is 5.97. The Labute approximate surface area is 237 Å². The summed E-state index contributed by atoms with van der Waals surface area (Å²) in [5.41, 5.74) is 0.688. The molecule has 0 unspecified atom stereocenters. The van der Waals surface area contributed by atoms with Crippen molar-refractivity contribution in [3.05, 3.63) is 81.7 Å². The number of aromatic hydroxyl groups is 1. The fourth-order valence-corrected chi connectivity index (χ4v) is 4.70. The summed E-state index contributed by atoms with van der Waals surface area (Å²) in [6.07, 6.45) is -0.191. The fourth-order valence-electron chi connectivity index (χ4n) is 4.70. The molecule has 1 heterocycles. The van der Waals surface area contributed by atoms with E-state index in [2.05, 4.69) is 5.32 Å². The van der Waals surface area contributed by atoms with E-state index in [0.29, 0.717) is 46.3 Å². The van der Waals surface area contributed by atoms with Crippen LogP contribution in [0.2, 0.25) is 0 Å². The standard InChI is InChI=1S/C31H33NO9/c1-6-40-24-13-18(11-12-23(24)36-2)17-32-27(33)16-21(19-14-25(37-3)30(39-5)26(15-19)38-4)28-29(34)20-9-7-8-10-22(20)41-31(28)35/h7-15,21,34H,6,16-17H2,1-5H3,(H,32,33)/t21-/m1/s1. The molecule has 0 aliphatic carbocycles. The summed E-state index contributed by atoms with van der Waals surface area (Å²) in [6.45, 7) is 2.53. The lowest BCUT2D eigenvalue weighted by atomic mass is 9.87. The molecule has 0 bridgehead atoms. The highest BCUT2D eigenvalue weighted by atomic mass is 16.5. The summed E-state index contributed by atoms with van der Waals surface area (Å²) in [5, 5.41) is 14.5. The van der Waals surface area contributed by atoms with Crippen LogP contribution in [-0.2, 0) is 11.3 Å². The van der Waals surface area contributed by atoms with E-state index in [1.165, 1.54) is 21.3 Å². The molecule has 1 atom stereocenters. The highest BCUT2D eigenvalue weighted by Gasteiger charge is 2.29. The van der Waals surface area contributed by atoms with E-state index >= 15 is 0 Å². The second-order valence-corrected chi connectivity index (χ2v) is 9.06. The van der Waals surface area contributed by atoms with Crippen LogP contribution in [0.4, 0.5) is 0 Å². The summed E-state index contributed by atoms with van der Waals surface area (Å²) < 4.78 is 33.0. The first-order valence-electron chi connectivity index (χ1n) is 13.0. The van der Waals surface area contributed by atoms with Gasteiger partial charge in [0.05, 0.1) is 46.0 Å². The minimum atomic E-state index is -0.917. The number of rotatable bonds is 12. The van der Waals surface area contributed by atoms with E-state index in [9.17, 15) is 14.7 Å². The van der Waals surface area contributed by atoms with Crippen molar-refractivity contribution in [3.8, 4) is 34.5 Å². The average molecular weight is 564 g/mol. The predicted molar refractivity (Wildman–Crippen MR) is 153 cm³/mol. The molecule has 3 aromatic carbocycles. The van der Waals surface area contributed by atoms with Crippen molar-refractivity contribution in [2.75, 3.05) is 35.0 Å². The first kappa shape index (κ1) is 29.1. The molecule has 0 spiro atoms. The third kappa shape index (κ3) is 6.16. The van der Waals surface area contributed by atoms with Gasteiger partial charge in [-0.15, -0.1) is 0 Å². The van der Waals surface area contributed by atoms with Crippen LogP contribution in [0, 0.1) is 0 Å². The zero-order chi connectivity index (χ0) is 29.5. The summed E-state index contributed by atoms with van der Waals surface area (Å²) in [6, 6.07) is 15.3. The first-order chi connectivity index (χ1) is 19.8. The summed E-state index contributed by atoms with van der Waals surface area (Å²) in [5.74, 6) is 0.612. The summed E-state index contributed by atoms with van der Waals surface area (Å²) in [4.78, 5) is 26.6. The molecule has 0 aliphatic heterocycles. The molecule has 10 heteroatoms. The number of ether oxygens (including phenoxy) is 5. The Morgan fingerprint density at radius 2 is 1.59 bits per heavy atom. The third-order valence-corrected chi connectivity index (χ3v) is 6.66. The number of carbonyl (C=O) groups excluding carboxylic acids is 1. The third-order valence-electron chi connectivity index (χ3n) is 6.66. The molecule has 4 rings (SSSR count). The van der Waals surface area contributed by atoms with Crippen molar-refractivity contribution in [3.63, 3.8) is 0 Å². The van der Waals surface area contributed by atoms with Crippen LogP contribution in [0.5, 0.6) is 34.5 Å². The minimum absolute atomic E-state index is 0.0591. The van der Waals surface area contributed by atoms with Gasteiger partial charge < -0.3 is 38.5 Å². The van der Waals surface area contributed by atoms with Gasteiger partial charge in [0.2, 0.25) is 11.7 Å². The van der Waals surface area contributed by atoms with Gasteiger partial charge in [0.1, 0.15) is 11.3 Å². The van der Waals surface area contributed by atoms with Crippen molar-refractivity contribution < 1.29 is 38.0 Å². The molecule has 10 nitrogen and oxygen atoms in total. The molecule has 2 N–H and O–H groups in total. The number of hydrogen-bond acceptors (Lipinski definition) is 9. The van der Waals surface area contributed by atoms with Gasteiger partial charge in [0.25, 0.3) is 0 Å². The van der Waals surface area contributed by atoms with Gasteiger partial charge in [-0.1, -0.05) is 18.2 Å². The molecule has 4 aromatic rings. The Morgan fingerprint density at radius 3 is 2.22 bits per heavy atom. The van der Waals surface area contributed by atoms with E-state index in [1.54, 1.807) is 55.6 Å². The highest BCUT2D eigenvalue weighted by molar-refractivity contribution is 5.85. The SMILES string of the molecule is CCOc1cc(CNC(=O)C[C@H](c2cc(OC)c(OC)c(OC)c2)c2c(O)c3ccccc3oc2=O)ccc1OC. The molecule has 0 aliphatic rings. The first-order valence-corrected chi connectivity index (χ1v) is 13.0. The zero-order valence-electron chi connectivity index (χ0n) is 23.6. The number of para-hydroxylation sites is 1. The predicted octanol–water partition coefficient (Wildman–Crippen LogP) is 4.77. The van der Waals surface area contributed by atoms with Crippen molar-refractivity contribution in [1.29, 1.82) is 0 Å². The smallest absolute Gasteiger partial charge is 0.343 e. The number of hydrogen-bond donors (Lipinski definition) is 2. The van der Waals surface area contributed by atoms with Gasteiger partial charge in [-0.3, -0.25) is 4.79 Å². The molecule has 0 saturated heterocycles. The van der Waals surface area contributed by atoms with E-state index in [-0.39, 0.29) is 35.8 Å². The minimum Gasteiger partial charge on any atom is -0.507 e. The van der Waals surface area contributed by atoms with Crippen LogP contribution in [0.25, 0.3) is 11.0 Å². The van der Waals surface area contributed by atoms with Gasteiger partial charge in [0, 0.05) is 18.9 Å². The van der Waals surface area contributed by atoms with Gasteiger partial charge in [-0.25, -0.2) is 4.79 Å². The van der Waals surface area contributed by atoms with Crippen LogP contribution < -0.4 is 34.6 Å². The van der Waals surface area contributed by atoms with Gasteiger partial charge in [-0.2, -0.15) is 0 Å². The molecule has 0 radical (unpaired) electrons. The zero-order valence-corrected chi connectivity index (χ0v) is 23.6. The number of fused-ring (bicyclic) bond motifs is 1. The van der Waals surface area contributed by atoms with Crippen molar-refractivity contribution in [2.45, 2.75) is 25.8 Å². The Hall–Kier alpha value is -4.86. The van der Waals surface area contributed by atoms with E-state index in [4.69, 9.17) is 28.1 Å². The summed E-state index contributed by atoms with van der Waals surface area (Å²) >= 11 is 0. The van der Waals surface area contributed by atoms with E-state index < -0.39 is 11.5 Å². The van der Waals surface area contributed by atoms with Crippen LogP contribution in [-0.4, -0.2) is 46.1 Å². The molecular weight excluding hydrogens is 530 g/mol. The molecular formula is C31H33NO9. The number of nitrogens with one attached hydrogen (secondary N) is 1. The normalized spacial score (nSPS) is 11.5. The lowest BCUT2D eigenvalue weighted by molar-refractivity contribution is -0.121. The molecule has 1 aromatic heterocycles. The van der Waals surface area contributed by atoms with Crippen molar-refractivity contribution in [2.24, 2.45) is 0 Å². The van der Waals surface area contributed by atoms with Gasteiger partial charge in [-0.05, 0) is 54.4 Å². The molecule has 41 heavy (non-hydrogen) atoms. The maximum Gasteiger partial charge on any atom is 0.343 e. The topological polar surface area (TPSA) is 126 Å². The number of benzene rings is 3. The monoisotopic (exact) mass is 563 g/mol. The molecule has 0 fully saturated rings. The lowest BCUT2D eigenvalue weighted by Crippen LogP contribution is -2.26. The van der Waals surface area contributed by atoms with Crippen molar-refractivity contribution in [1.82, 2.24) is 5.32 Å². The van der Waals surface area contributed by atoms with Gasteiger partial charge >= 0.3 is 5.63 Å². The Kier molecular flexibility index (Phi) is 9.23. The van der Waals surface area contributed by atoms with Crippen molar-refractivity contribution >= 4 is 16.9 Å². The Morgan fingerprint density at radius 1 is 0.902 bits per heavy atom. The van der Waals surface area contributed by atoms with Crippen LogP contribution >= 0.6 is 0 Å².